The standard InChI is InChI=1S/C13H26N2O2/c1-4-13(5-2,9-16)8-14-10(3)12(17)15-11-6-7-11/h10-11,14,16H,4-9H2,1-3H3,(H,15,17). The van der Waals surface area contributed by atoms with Gasteiger partial charge in [-0.2, -0.15) is 0 Å². The number of carbonyl (C=O) groups excluding carboxylic acids is 1. The van der Waals surface area contributed by atoms with Crippen LogP contribution in [0.2, 0.25) is 0 Å². The van der Waals surface area contributed by atoms with Crippen molar-refractivity contribution in [3.63, 3.8) is 0 Å². The summed E-state index contributed by atoms with van der Waals surface area (Å²) in [6.45, 7) is 6.90. The summed E-state index contributed by atoms with van der Waals surface area (Å²) in [6.07, 6.45) is 4.07. The molecule has 0 radical (unpaired) electrons. The van der Waals surface area contributed by atoms with Gasteiger partial charge in [-0.1, -0.05) is 13.8 Å². The van der Waals surface area contributed by atoms with Crippen molar-refractivity contribution < 1.29 is 9.90 Å². The molecule has 4 nitrogen and oxygen atoms in total. The van der Waals surface area contributed by atoms with E-state index in [1.54, 1.807) is 0 Å². The Balaban J connectivity index is 2.33. The second-order valence-corrected chi connectivity index (χ2v) is 5.25. The quantitative estimate of drug-likeness (QED) is 0.596. The predicted octanol–water partition coefficient (Wildman–Crippen LogP) is 1.04. The Morgan fingerprint density at radius 2 is 2.00 bits per heavy atom. The SMILES string of the molecule is CCC(CC)(CO)CNC(C)C(=O)NC1CC1. The molecule has 0 saturated heterocycles. The first-order valence-electron chi connectivity index (χ1n) is 6.71. The van der Waals surface area contributed by atoms with E-state index in [1.165, 1.54) is 0 Å². The highest BCUT2D eigenvalue weighted by Gasteiger charge is 2.28. The Morgan fingerprint density at radius 1 is 1.41 bits per heavy atom. The lowest BCUT2D eigenvalue weighted by atomic mass is 9.83. The maximum atomic E-state index is 11.7. The number of carbonyl (C=O) groups is 1. The topological polar surface area (TPSA) is 61.4 Å². The van der Waals surface area contributed by atoms with Crippen molar-refractivity contribution in [2.75, 3.05) is 13.2 Å². The average molecular weight is 242 g/mol. The molecule has 4 heteroatoms. The van der Waals surface area contributed by atoms with E-state index < -0.39 is 0 Å². The summed E-state index contributed by atoms with van der Waals surface area (Å²) in [4.78, 5) is 11.7. The molecule has 0 aromatic carbocycles. The Hall–Kier alpha value is -0.610. The van der Waals surface area contributed by atoms with E-state index in [0.717, 1.165) is 25.7 Å². The lowest BCUT2D eigenvalue weighted by Gasteiger charge is -2.31. The van der Waals surface area contributed by atoms with Crippen molar-refractivity contribution in [2.45, 2.75) is 58.5 Å². The zero-order valence-electron chi connectivity index (χ0n) is 11.3. The summed E-state index contributed by atoms with van der Waals surface area (Å²) < 4.78 is 0. The minimum Gasteiger partial charge on any atom is -0.396 e. The molecule has 1 aliphatic rings. The molecule has 1 amide bonds. The van der Waals surface area contributed by atoms with Gasteiger partial charge in [0.15, 0.2) is 0 Å². The van der Waals surface area contributed by atoms with Gasteiger partial charge < -0.3 is 15.7 Å². The van der Waals surface area contributed by atoms with Crippen molar-refractivity contribution >= 4 is 5.91 Å². The van der Waals surface area contributed by atoms with Crippen molar-refractivity contribution in [2.24, 2.45) is 5.41 Å². The van der Waals surface area contributed by atoms with Crippen molar-refractivity contribution in [1.29, 1.82) is 0 Å². The minimum atomic E-state index is -0.181. The number of nitrogens with one attached hydrogen (secondary N) is 2. The third-order valence-electron chi connectivity index (χ3n) is 3.94. The summed E-state index contributed by atoms with van der Waals surface area (Å²) in [6, 6.07) is 0.228. The fraction of sp³-hybridized carbons (Fsp3) is 0.923. The number of amides is 1. The van der Waals surface area contributed by atoms with Crippen molar-refractivity contribution in [3.05, 3.63) is 0 Å². The number of rotatable bonds is 8. The molecular weight excluding hydrogens is 216 g/mol. The van der Waals surface area contributed by atoms with Crippen LogP contribution in [0.25, 0.3) is 0 Å². The van der Waals surface area contributed by atoms with E-state index in [-0.39, 0.29) is 24.0 Å². The van der Waals surface area contributed by atoms with Crippen LogP contribution in [0.1, 0.15) is 46.5 Å². The Kier molecular flexibility index (Phi) is 5.40. The molecule has 0 bridgehead atoms. The first-order chi connectivity index (χ1) is 8.06. The molecule has 0 heterocycles. The molecule has 0 aromatic rings. The Bertz CT molecular complexity index is 240. The number of aliphatic hydroxyl groups is 1. The molecule has 1 fully saturated rings. The highest BCUT2D eigenvalue weighted by Crippen LogP contribution is 2.24. The van der Waals surface area contributed by atoms with Gasteiger partial charge in [0, 0.05) is 24.6 Å². The monoisotopic (exact) mass is 242 g/mol. The Labute approximate surface area is 104 Å². The lowest BCUT2D eigenvalue weighted by Crippen LogP contribution is -2.47. The third kappa shape index (κ3) is 4.28. The first-order valence-corrected chi connectivity index (χ1v) is 6.71. The van der Waals surface area contributed by atoms with Gasteiger partial charge in [-0.05, 0) is 32.6 Å². The summed E-state index contributed by atoms with van der Waals surface area (Å²) in [5.74, 6) is 0.0755. The van der Waals surface area contributed by atoms with Crippen LogP contribution in [0.3, 0.4) is 0 Å². The molecule has 17 heavy (non-hydrogen) atoms. The minimum absolute atomic E-state index is 0.0755. The summed E-state index contributed by atoms with van der Waals surface area (Å²) >= 11 is 0. The van der Waals surface area contributed by atoms with E-state index >= 15 is 0 Å². The highest BCUT2D eigenvalue weighted by atomic mass is 16.3. The van der Waals surface area contributed by atoms with Crippen LogP contribution >= 0.6 is 0 Å². The zero-order chi connectivity index (χ0) is 12.9. The van der Waals surface area contributed by atoms with E-state index in [9.17, 15) is 9.90 Å². The third-order valence-corrected chi connectivity index (χ3v) is 3.94. The average Bonchev–Trinajstić information content (AvgIpc) is 3.15. The van der Waals surface area contributed by atoms with E-state index in [0.29, 0.717) is 12.6 Å². The van der Waals surface area contributed by atoms with Crippen molar-refractivity contribution in [1.82, 2.24) is 10.6 Å². The molecule has 0 aromatic heterocycles. The second-order valence-electron chi connectivity index (χ2n) is 5.25. The number of hydrogen-bond donors (Lipinski definition) is 3. The van der Waals surface area contributed by atoms with Gasteiger partial charge in [0.25, 0.3) is 0 Å². The van der Waals surface area contributed by atoms with Gasteiger partial charge >= 0.3 is 0 Å². The summed E-state index contributed by atoms with van der Waals surface area (Å²) in [5, 5.41) is 15.7. The van der Waals surface area contributed by atoms with Crippen LogP contribution in [0.15, 0.2) is 0 Å². The van der Waals surface area contributed by atoms with Gasteiger partial charge in [-0.25, -0.2) is 0 Å². The maximum absolute atomic E-state index is 11.7. The molecule has 0 spiro atoms. The van der Waals surface area contributed by atoms with Crippen LogP contribution in [0, 0.1) is 5.41 Å². The fourth-order valence-electron chi connectivity index (χ4n) is 1.80. The smallest absolute Gasteiger partial charge is 0.237 e. The van der Waals surface area contributed by atoms with Crippen LogP contribution < -0.4 is 10.6 Å². The van der Waals surface area contributed by atoms with E-state index in [4.69, 9.17) is 0 Å². The van der Waals surface area contributed by atoms with Gasteiger partial charge in [-0.15, -0.1) is 0 Å². The molecule has 100 valence electrons. The molecule has 3 N–H and O–H groups in total. The fourth-order valence-corrected chi connectivity index (χ4v) is 1.80. The number of aliphatic hydroxyl groups excluding tert-OH is 1. The Morgan fingerprint density at radius 3 is 2.41 bits per heavy atom. The van der Waals surface area contributed by atoms with E-state index in [2.05, 4.69) is 24.5 Å². The van der Waals surface area contributed by atoms with Crippen LogP contribution in [0.4, 0.5) is 0 Å². The van der Waals surface area contributed by atoms with Gasteiger partial charge in [0.2, 0.25) is 5.91 Å². The normalized spacial score (nSPS) is 17.9. The first kappa shape index (κ1) is 14.5. The van der Waals surface area contributed by atoms with Gasteiger partial charge in [0.1, 0.15) is 0 Å². The van der Waals surface area contributed by atoms with E-state index in [1.807, 2.05) is 6.92 Å². The maximum Gasteiger partial charge on any atom is 0.237 e. The molecule has 1 atom stereocenters. The number of hydrogen-bond acceptors (Lipinski definition) is 3. The predicted molar refractivity (Wildman–Crippen MR) is 68.7 cm³/mol. The zero-order valence-corrected chi connectivity index (χ0v) is 11.3. The molecule has 1 saturated carbocycles. The highest BCUT2D eigenvalue weighted by molar-refractivity contribution is 5.81. The van der Waals surface area contributed by atoms with Gasteiger partial charge in [-0.3, -0.25) is 4.79 Å². The lowest BCUT2D eigenvalue weighted by molar-refractivity contribution is -0.123. The van der Waals surface area contributed by atoms with Crippen LogP contribution in [0.5, 0.6) is 0 Å². The summed E-state index contributed by atoms with van der Waals surface area (Å²) in [7, 11) is 0. The van der Waals surface area contributed by atoms with Crippen molar-refractivity contribution in [3.8, 4) is 0 Å². The molecule has 1 aliphatic carbocycles. The summed E-state index contributed by atoms with van der Waals surface area (Å²) in [5.41, 5.74) is -0.0892. The largest absolute Gasteiger partial charge is 0.396 e. The second kappa shape index (κ2) is 6.36. The molecule has 1 rings (SSSR count). The van der Waals surface area contributed by atoms with Crippen LogP contribution in [-0.4, -0.2) is 36.2 Å². The molecule has 1 unspecified atom stereocenters. The molecule has 0 aliphatic heterocycles. The van der Waals surface area contributed by atoms with Gasteiger partial charge in [0.05, 0.1) is 6.04 Å². The molecular formula is C13H26N2O2. The van der Waals surface area contributed by atoms with Crippen LogP contribution in [-0.2, 0) is 4.79 Å².